The standard InChI is InChI=1S/C4H4NO2S.Zn/c6-3-7-4-5-1-2-8-4;/h1-2H2;/q-1;. The van der Waals surface area contributed by atoms with Crippen LogP contribution in [-0.2, 0) is 29.0 Å². The van der Waals surface area contributed by atoms with Crippen LogP contribution in [-0.4, -0.2) is 24.0 Å². The Hall–Kier alpha value is 0.113. The average Bonchev–Trinajstić information content (AvgIpc) is 2.19. The molecule has 1 aliphatic heterocycles. The van der Waals surface area contributed by atoms with Crippen molar-refractivity contribution in [3.05, 3.63) is 0 Å². The number of nitrogens with zero attached hydrogens (tertiary/aromatic N) is 1. The van der Waals surface area contributed by atoms with Crippen LogP contribution in [0.1, 0.15) is 0 Å². The fourth-order valence-electron chi connectivity index (χ4n) is 0.413. The Morgan fingerprint density at radius 3 is 3.00 bits per heavy atom. The van der Waals surface area contributed by atoms with Gasteiger partial charge in [-0.2, -0.15) is 11.8 Å². The van der Waals surface area contributed by atoms with Gasteiger partial charge in [0.25, 0.3) is 0 Å². The van der Waals surface area contributed by atoms with Gasteiger partial charge in [-0.05, 0) is 0 Å². The smallest absolute Gasteiger partial charge is 0.171 e. The maximum Gasteiger partial charge on any atom is 0.171 e. The monoisotopic (exact) mass is 194 g/mol. The summed E-state index contributed by atoms with van der Waals surface area (Å²) in [5.41, 5.74) is 0. The van der Waals surface area contributed by atoms with Crippen LogP contribution in [0, 0.1) is 0 Å². The number of thioether (sulfide) groups is 1. The molecule has 1 heterocycles. The van der Waals surface area contributed by atoms with E-state index in [2.05, 4.69) is 9.73 Å². The minimum atomic E-state index is 0. The molecule has 0 radical (unpaired) electrons. The first kappa shape index (κ1) is 9.11. The van der Waals surface area contributed by atoms with Gasteiger partial charge in [0.2, 0.25) is 0 Å². The van der Waals surface area contributed by atoms with Crippen molar-refractivity contribution < 1.29 is 29.0 Å². The van der Waals surface area contributed by atoms with Crippen LogP contribution in [0.2, 0.25) is 0 Å². The second-order valence-corrected chi connectivity index (χ2v) is 2.23. The second-order valence-electron chi connectivity index (χ2n) is 1.18. The van der Waals surface area contributed by atoms with Gasteiger partial charge in [0, 0.05) is 31.8 Å². The van der Waals surface area contributed by atoms with Crippen LogP contribution in [0.25, 0.3) is 0 Å². The SMILES string of the molecule is O=[C-]OC1=NCCS1.[Zn]. The third-order valence-corrected chi connectivity index (χ3v) is 1.53. The molecule has 5 heteroatoms. The summed E-state index contributed by atoms with van der Waals surface area (Å²) in [6.45, 7) is 2.06. The van der Waals surface area contributed by atoms with Crippen LogP contribution in [0.15, 0.2) is 4.99 Å². The molecule has 1 rings (SSSR count). The van der Waals surface area contributed by atoms with Crippen LogP contribution < -0.4 is 0 Å². The second kappa shape index (κ2) is 4.94. The molecular weight excluding hydrogens is 192 g/mol. The Labute approximate surface area is 70.0 Å². The van der Waals surface area contributed by atoms with Crippen molar-refractivity contribution in [2.24, 2.45) is 4.99 Å². The molecule has 0 spiro atoms. The van der Waals surface area contributed by atoms with E-state index in [-0.39, 0.29) is 19.5 Å². The summed E-state index contributed by atoms with van der Waals surface area (Å²) < 4.78 is 4.31. The summed E-state index contributed by atoms with van der Waals surface area (Å²) in [5.74, 6) is 0.914. The Kier molecular flexibility index (Phi) is 5.01. The third kappa shape index (κ3) is 2.96. The fraction of sp³-hybridized carbons (Fsp3) is 0.500. The molecule has 0 bridgehead atoms. The Morgan fingerprint density at radius 2 is 2.56 bits per heavy atom. The maximum absolute atomic E-state index is 9.52. The van der Waals surface area contributed by atoms with E-state index in [4.69, 9.17) is 0 Å². The average molecular weight is 196 g/mol. The van der Waals surface area contributed by atoms with Crippen LogP contribution in [0.5, 0.6) is 0 Å². The zero-order valence-corrected chi connectivity index (χ0v) is 8.58. The topological polar surface area (TPSA) is 38.7 Å². The molecule has 9 heavy (non-hydrogen) atoms. The minimum Gasteiger partial charge on any atom is -0.592 e. The van der Waals surface area contributed by atoms with Gasteiger partial charge in [-0.1, -0.05) is 0 Å². The third-order valence-electron chi connectivity index (χ3n) is 0.687. The number of hydrogen-bond acceptors (Lipinski definition) is 4. The van der Waals surface area contributed by atoms with Crippen molar-refractivity contribution in [2.75, 3.05) is 12.3 Å². The molecule has 0 saturated carbocycles. The van der Waals surface area contributed by atoms with Gasteiger partial charge in [0.05, 0.1) is 5.23 Å². The number of rotatable bonds is 1. The van der Waals surface area contributed by atoms with Crippen molar-refractivity contribution in [2.45, 2.75) is 0 Å². The molecule has 0 aromatic heterocycles. The van der Waals surface area contributed by atoms with Crippen molar-refractivity contribution >= 4 is 23.5 Å². The first-order valence-electron chi connectivity index (χ1n) is 2.15. The Balaban J connectivity index is 0.000000640. The van der Waals surface area contributed by atoms with E-state index in [1.165, 1.54) is 18.2 Å². The van der Waals surface area contributed by atoms with Gasteiger partial charge < -0.3 is 14.5 Å². The molecule has 3 nitrogen and oxygen atoms in total. The largest absolute Gasteiger partial charge is 0.592 e. The van der Waals surface area contributed by atoms with Crippen molar-refractivity contribution in [3.8, 4) is 0 Å². The molecule has 0 atom stereocenters. The van der Waals surface area contributed by atoms with E-state index < -0.39 is 0 Å². The molecule has 0 fully saturated rings. The zero-order chi connectivity index (χ0) is 5.82. The van der Waals surface area contributed by atoms with Crippen molar-refractivity contribution in [3.63, 3.8) is 0 Å². The van der Waals surface area contributed by atoms with Gasteiger partial charge in [0.15, 0.2) is 6.47 Å². The van der Waals surface area contributed by atoms with Gasteiger partial charge in [-0.25, -0.2) is 0 Å². The molecule has 0 aromatic carbocycles. The number of carbonyl (C=O) groups excluding carboxylic acids is 1. The minimum absolute atomic E-state index is 0. The molecule has 46 valence electrons. The van der Waals surface area contributed by atoms with Gasteiger partial charge in [0.1, 0.15) is 0 Å². The molecular formula is C4H4NO2SZn-. The zero-order valence-electron chi connectivity index (χ0n) is 4.79. The van der Waals surface area contributed by atoms with E-state index in [0.717, 1.165) is 12.3 Å². The van der Waals surface area contributed by atoms with Gasteiger partial charge in [-0.15, -0.1) is 0 Å². The number of hydrogen-bond donors (Lipinski definition) is 0. The first-order chi connectivity index (χ1) is 3.93. The van der Waals surface area contributed by atoms with E-state index in [0.29, 0.717) is 5.23 Å². The summed E-state index contributed by atoms with van der Waals surface area (Å²) in [6, 6.07) is 0. The molecule has 0 aromatic rings. The molecule has 1 aliphatic rings. The summed E-state index contributed by atoms with van der Waals surface area (Å²) in [7, 11) is 0. The Morgan fingerprint density at radius 1 is 1.78 bits per heavy atom. The van der Waals surface area contributed by atoms with Crippen LogP contribution >= 0.6 is 11.8 Å². The predicted octanol–water partition coefficient (Wildman–Crippen LogP) is 0.170. The quantitative estimate of drug-likeness (QED) is 0.442. The van der Waals surface area contributed by atoms with Crippen LogP contribution in [0.4, 0.5) is 0 Å². The Bertz CT molecular complexity index is 128. The van der Waals surface area contributed by atoms with Gasteiger partial charge >= 0.3 is 0 Å². The van der Waals surface area contributed by atoms with E-state index in [9.17, 15) is 4.79 Å². The summed E-state index contributed by atoms with van der Waals surface area (Å²) in [5, 5.41) is 0.444. The molecule has 0 aliphatic carbocycles. The van der Waals surface area contributed by atoms with E-state index in [1.807, 2.05) is 0 Å². The first-order valence-corrected chi connectivity index (χ1v) is 3.13. The van der Waals surface area contributed by atoms with E-state index in [1.54, 1.807) is 0 Å². The molecule has 0 amide bonds. The van der Waals surface area contributed by atoms with E-state index >= 15 is 0 Å². The molecule has 0 N–H and O–H groups in total. The summed E-state index contributed by atoms with van der Waals surface area (Å²) >= 11 is 1.43. The van der Waals surface area contributed by atoms with Crippen LogP contribution in [0.3, 0.4) is 0 Å². The number of ether oxygens (including phenoxy) is 1. The molecule has 0 saturated heterocycles. The fourth-order valence-corrected chi connectivity index (χ4v) is 1.05. The summed E-state index contributed by atoms with van der Waals surface area (Å²) in [6.07, 6.45) is 0. The van der Waals surface area contributed by atoms with Crippen molar-refractivity contribution in [1.29, 1.82) is 0 Å². The number of aliphatic imine (C=N–C) groups is 1. The predicted molar refractivity (Wildman–Crippen MR) is 31.5 cm³/mol. The van der Waals surface area contributed by atoms with Gasteiger partial charge in [-0.3, -0.25) is 0 Å². The maximum atomic E-state index is 9.52. The van der Waals surface area contributed by atoms with Crippen molar-refractivity contribution in [1.82, 2.24) is 0 Å². The molecule has 0 unspecified atom stereocenters. The summed E-state index contributed by atoms with van der Waals surface area (Å²) in [4.78, 5) is 13.3. The normalized spacial score (nSPS) is 15.8.